The van der Waals surface area contributed by atoms with Gasteiger partial charge in [0.15, 0.2) is 5.03 Å². The highest BCUT2D eigenvalue weighted by atomic mass is 35.5. The molecule has 0 saturated carbocycles. The van der Waals surface area contributed by atoms with Gasteiger partial charge in [0.05, 0.1) is 6.20 Å². The average Bonchev–Trinajstić information content (AvgIpc) is 2.62. The monoisotopic (exact) mass is 265 g/mol. The summed E-state index contributed by atoms with van der Waals surface area (Å²) in [6, 6.07) is -0.132. The van der Waals surface area contributed by atoms with Crippen molar-refractivity contribution in [3.05, 3.63) is 12.0 Å². The Morgan fingerprint density at radius 1 is 1.62 bits per heavy atom. The highest BCUT2D eigenvalue weighted by Crippen LogP contribution is 2.07. The lowest BCUT2D eigenvalue weighted by atomic mass is 10.2. The van der Waals surface area contributed by atoms with Gasteiger partial charge in [-0.1, -0.05) is 0 Å². The number of halogens is 1. The molecule has 0 radical (unpaired) electrons. The third-order valence-corrected chi connectivity index (χ3v) is 3.86. The van der Waals surface area contributed by atoms with Crippen molar-refractivity contribution in [2.45, 2.75) is 37.8 Å². The van der Waals surface area contributed by atoms with E-state index in [1.54, 1.807) is 6.92 Å². The number of nitrogens with zero attached hydrogens (tertiary/aromatic N) is 1. The van der Waals surface area contributed by atoms with Crippen molar-refractivity contribution < 1.29 is 8.42 Å². The number of alkyl halides is 1. The molecule has 0 aliphatic carbocycles. The number of aromatic amines is 1. The van der Waals surface area contributed by atoms with Crippen LogP contribution >= 0.6 is 11.6 Å². The molecule has 0 aliphatic heterocycles. The van der Waals surface area contributed by atoms with Gasteiger partial charge in [0.2, 0.25) is 0 Å². The van der Waals surface area contributed by atoms with Crippen molar-refractivity contribution >= 4 is 21.6 Å². The normalized spacial score (nSPS) is 13.9. The van der Waals surface area contributed by atoms with Gasteiger partial charge in [-0.15, -0.1) is 11.6 Å². The molecule has 1 unspecified atom stereocenters. The minimum atomic E-state index is -3.48. The van der Waals surface area contributed by atoms with Crippen LogP contribution in [0.4, 0.5) is 0 Å². The molecule has 0 spiro atoms. The summed E-state index contributed by atoms with van der Waals surface area (Å²) in [7, 11) is -3.48. The summed E-state index contributed by atoms with van der Waals surface area (Å²) in [6.45, 7) is 3.52. The highest BCUT2D eigenvalue weighted by molar-refractivity contribution is 7.89. The van der Waals surface area contributed by atoms with E-state index >= 15 is 0 Å². The lowest BCUT2D eigenvalue weighted by Crippen LogP contribution is -2.32. The maximum absolute atomic E-state index is 11.8. The predicted molar refractivity (Wildman–Crippen MR) is 63.1 cm³/mol. The molecule has 0 bridgehead atoms. The molecule has 5 nitrogen and oxygen atoms in total. The molecule has 0 amide bonds. The molecule has 1 atom stereocenters. The van der Waals surface area contributed by atoms with Gasteiger partial charge in [-0.25, -0.2) is 18.1 Å². The van der Waals surface area contributed by atoms with Gasteiger partial charge in [0.1, 0.15) is 5.82 Å². The lowest BCUT2D eigenvalue weighted by molar-refractivity contribution is 0.542. The summed E-state index contributed by atoms with van der Waals surface area (Å²) < 4.78 is 26.2. The zero-order valence-electron chi connectivity index (χ0n) is 9.33. The minimum Gasteiger partial charge on any atom is -0.332 e. The lowest BCUT2D eigenvalue weighted by Gasteiger charge is -2.12. The van der Waals surface area contributed by atoms with E-state index in [0.29, 0.717) is 11.7 Å². The zero-order valence-corrected chi connectivity index (χ0v) is 10.9. The van der Waals surface area contributed by atoms with E-state index in [9.17, 15) is 8.42 Å². The molecule has 92 valence electrons. The molecule has 0 fully saturated rings. The number of sulfonamides is 1. The molecule has 1 aromatic rings. The highest BCUT2D eigenvalue weighted by Gasteiger charge is 2.18. The maximum atomic E-state index is 11.8. The van der Waals surface area contributed by atoms with Crippen LogP contribution in [0.25, 0.3) is 0 Å². The van der Waals surface area contributed by atoms with Gasteiger partial charge in [0.25, 0.3) is 10.0 Å². The third-order valence-electron chi connectivity index (χ3n) is 2.10. The summed E-state index contributed by atoms with van der Waals surface area (Å²) in [5.41, 5.74) is 0. The van der Waals surface area contributed by atoms with E-state index in [0.717, 1.165) is 12.8 Å². The van der Waals surface area contributed by atoms with E-state index in [1.807, 2.05) is 6.92 Å². The number of rotatable bonds is 6. The molecular formula is C9H16ClN3O2S. The van der Waals surface area contributed by atoms with Crippen LogP contribution in [0.2, 0.25) is 0 Å². The fourth-order valence-electron chi connectivity index (χ4n) is 1.31. The first-order chi connectivity index (χ1) is 7.45. The van der Waals surface area contributed by atoms with Crippen molar-refractivity contribution in [2.75, 3.05) is 5.88 Å². The quantitative estimate of drug-likeness (QED) is 0.764. The Hall–Kier alpha value is -0.590. The van der Waals surface area contributed by atoms with Crippen molar-refractivity contribution in [1.82, 2.24) is 14.7 Å². The fraction of sp³-hybridized carbons (Fsp3) is 0.667. The van der Waals surface area contributed by atoms with Gasteiger partial charge in [-0.2, -0.15) is 0 Å². The molecule has 1 aromatic heterocycles. The van der Waals surface area contributed by atoms with E-state index in [4.69, 9.17) is 11.6 Å². The molecular weight excluding hydrogens is 250 g/mol. The average molecular weight is 266 g/mol. The molecule has 1 rings (SSSR count). The van der Waals surface area contributed by atoms with Crippen LogP contribution in [0.5, 0.6) is 0 Å². The van der Waals surface area contributed by atoms with E-state index in [-0.39, 0.29) is 11.1 Å². The summed E-state index contributed by atoms with van der Waals surface area (Å²) >= 11 is 5.54. The van der Waals surface area contributed by atoms with Gasteiger partial charge >= 0.3 is 0 Å². The van der Waals surface area contributed by atoms with Gasteiger partial charge in [-0.3, -0.25) is 0 Å². The number of hydrogen-bond donors (Lipinski definition) is 2. The SMILES string of the molecule is Cc1ncc(S(=O)(=O)NC(C)CCCCl)[nH]1. The second kappa shape index (κ2) is 5.65. The molecule has 1 heterocycles. The largest absolute Gasteiger partial charge is 0.332 e. The Bertz CT molecular complexity index is 430. The first kappa shape index (κ1) is 13.5. The summed E-state index contributed by atoms with van der Waals surface area (Å²) in [5.74, 6) is 1.11. The summed E-state index contributed by atoms with van der Waals surface area (Å²) in [4.78, 5) is 6.55. The number of aryl methyl sites for hydroxylation is 1. The number of nitrogens with one attached hydrogen (secondary N) is 2. The number of hydrogen-bond acceptors (Lipinski definition) is 3. The molecule has 0 saturated heterocycles. The molecule has 7 heteroatoms. The predicted octanol–water partition coefficient (Wildman–Crippen LogP) is 1.40. The number of aromatic nitrogens is 2. The van der Waals surface area contributed by atoms with Crippen molar-refractivity contribution in [2.24, 2.45) is 0 Å². The van der Waals surface area contributed by atoms with E-state index in [2.05, 4.69) is 14.7 Å². The van der Waals surface area contributed by atoms with Gasteiger partial charge in [-0.05, 0) is 26.7 Å². The molecule has 16 heavy (non-hydrogen) atoms. The van der Waals surface area contributed by atoms with Crippen LogP contribution in [0.15, 0.2) is 11.2 Å². The Morgan fingerprint density at radius 2 is 2.31 bits per heavy atom. The Balaban J connectivity index is 2.65. The second-order valence-corrected chi connectivity index (χ2v) is 5.75. The van der Waals surface area contributed by atoms with Crippen LogP contribution in [-0.2, 0) is 10.0 Å². The Kier molecular flexibility index (Phi) is 4.76. The Labute approximate surface area is 101 Å². The second-order valence-electron chi connectivity index (χ2n) is 3.69. The van der Waals surface area contributed by atoms with Crippen molar-refractivity contribution in [3.8, 4) is 0 Å². The summed E-state index contributed by atoms with van der Waals surface area (Å²) in [6.07, 6.45) is 2.81. The van der Waals surface area contributed by atoms with Gasteiger partial charge < -0.3 is 4.98 Å². The molecule has 0 aromatic carbocycles. The Morgan fingerprint density at radius 3 is 2.81 bits per heavy atom. The standard InChI is InChI=1S/C9H16ClN3O2S/c1-7(4-3-5-10)13-16(14,15)9-6-11-8(2)12-9/h6-7,13H,3-5H2,1-2H3,(H,11,12). The molecule has 2 N–H and O–H groups in total. The third kappa shape index (κ3) is 3.77. The fourth-order valence-corrected chi connectivity index (χ4v) is 2.71. The van der Waals surface area contributed by atoms with Crippen LogP contribution in [-0.4, -0.2) is 30.3 Å². The van der Waals surface area contributed by atoms with Gasteiger partial charge in [0, 0.05) is 11.9 Å². The first-order valence-electron chi connectivity index (χ1n) is 5.05. The number of imidazole rings is 1. The number of H-pyrrole nitrogens is 1. The minimum absolute atomic E-state index is 0.0997. The summed E-state index contributed by atoms with van der Waals surface area (Å²) in [5, 5.41) is 0.0997. The first-order valence-corrected chi connectivity index (χ1v) is 7.07. The van der Waals surface area contributed by atoms with Crippen LogP contribution in [0.1, 0.15) is 25.6 Å². The van der Waals surface area contributed by atoms with E-state index < -0.39 is 10.0 Å². The topological polar surface area (TPSA) is 74.8 Å². The van der Waals surface area contributed by atoms with E-state index in [1.165, 1.54) is 6.20 Å². The van der Waals surface area contributed by atoms with Crippen LogP contribution in [0.3, 0.4) is 0 Å². The zero-order chi connectivity index (χ0) is 12.2. The molecule has 0 aliphatic rings. The van der Waals surface area contributed by atoms with Crippen molar-refractivity contribution in [1.29, 1.82) is 0 Å². The van der Waals surface area contributed by atoms with Crippen LogP contribution in [0, 0.1) is 6.92 Å². The smallest absolute Gasteiger partial charge is 0.257 e. The van der Waals surface area contributed by atoms with Crippen molar-refractivity contribution in [3.63, 3.8) is 0 Å². The maximum Gasteiger partial charge on any atom is 0.257 e. The van der Waals surface area contributed by atoms with Crippen LogP contribution < -0.4 is 4.72 Å².